The molecule has 0 aliphatic heterocycles. The van der Waals surface area contributed by atoms with E-state index in [1.165, 1.54) is 32.1 Å². The fourth-order valence-corrected chi connectivity index (χ4v) is 3.93. The molecule has 0 amide bonds. The topological polar surface area (TPSA) is 35.8 Å². The fraction of sp³-hybridized carbons (Fsp3) is 0.917. The summed E-state index contributed by atoms with van der Waals surface area (Å²) in [7, 11) is 0. The predicted octanol–water partition coefficient (Wildman–Crippen LogP) is 2.55. The van der Waals surface area contributed by atoms with Crippen molar-refractivity contribution in [1.29, 1.82) is 5.26 Å². The summed E-state index contributed by atoms with van der Waals surface area (Å²) in [5, 5.41) is 13.6. The summed E-state index contributed by atoms with van der Waals surface area (Å²) >= 11 is 1.99. The number of nitrogens with zero attached hydrogens (tertiary/aromatic N) is 1. The van der Waals surface area contributed by atoms with Crippen LogP contribution < -0.4 is 5.32 Å². The first-order valence-corrected chi connectivity index (χ1v) is 7.32. The molecular formula is C12H20N2S. The first-order valence-electron chi connectivity index (χ1n) is 6.03. The molecule has 4 unspecified atom stereocenters. The second kappa shape index (κ2) is 5.23. The van der Waals surface area contributed by atoms with Crippen LogP contribution in [0.4, 0.5) is 0 Å². The molecule has 3 heteroatoms. The van der Waals surface area contributed by atoms with Crippen LogP contribution in [0.2, 0.25) is 0 Å². The lowest BCUT2D eigenvalue weighted by atomic mass is 10.0. The molecule has 2 nitrogen and oxygen atoms in total. The summed E-state index contributed by atoms with van der Waals surface area (Å²) in [6.45, 7) is 0. The highest BCUT2D eigenvalue weighted by Gasteiger charge is 2.33. The fourth-order valence-electron chi connectivity index (χ4n) is 2.99. The maximum absolute atomic E-state index is 9.04. The van der Waals surface area contributed by atoms with Gasteiger partial charge in [-0.3, -0.25) is 0 Å². The van der Waals surface area contributed by atoms with Gasteiger partial charge in [0, 0.05) is 17.3 Å². The van der Waals surface area contributed by atoms with Gasteiger partial charge in [0.1, 0.15) is 0 Å². The lowest BCUT2D eigenvalue weighted by Gasteiger charge is -2.25. The standard InChI is InChI=1S/C12H20N2S/c1-15-12-7-3-6-11(12)14-10-5-2-4-9(10)8-13/h9-12,14H,2-7H2,1H3. The van der Waals surface area contributed by atoms with Crippen LogP contribution in [0.15, 0.2) is 0 Å². The second-order valence-corrected chi connectivity index (χ2v) is 5.83. The van der Waals surface area contributed by atoms with Crippen molar-refractivity contribution in [3.05, 3.63) is 0 Å². The largest absolute Gasteiger partial charge is 0.309 e. The third-order valence-corrected chi connectivity index (χ3v) is 5.03. The summed E-state index contributed by atoms with van der Waals surface area (Å²) < 4.78 is 0. The quantitative estimate of drug-likeness (QED) is 0.800. The smallest absolute Gasteiger partial charge is 0.0672 e. The molecule has 0 saturated heterocycles. The molecule has 2 rings (SSSR count). The van der Waals surface area contributed by atoms with E-state index >= 15 is 0 Å². The van der Waals surface area contributed by atoms with Gasteiger partial charge < -0.3 is 5.32 Å². The number of rotatable bonds is 3. The lowest BCUT2D eigenvalue weighted by molar-refractivity contribution is 0.402. The maximum Gasteiger partial charge on any atom is 0.0672 e. The van der Waals surface area contributed by atoms with E-state index in [-0.39, 0.29) is 5.92 Å². The zero-order valence-electron chi connectivity index (χ0n) is 9.41. The van der Waals surface area contributed by atoms with Gasteiger partial charge in [0.2, 0.25) is 0 Å². The Hall–Kier alpha value is -0.200. The lowest BCUT2D eigenvalue weighted by Crippen LogP contribution is -2.43. The van der Waals surface area contributed by atoms with Crippen molar-refractivity contribution in [2.75, 3.05) is 6.26 Å². The van der Waals surface area contributed by atoms with E-state index in [9.17, 15) is 0 Å². The van der Waals surface area contributed by atoms with Crippen molar-refractivity contribution in [3.8, 4) is 6.07 Å². The molecule has 2 fully saturated rings. The summed E-state index contributed by atoms with van der Waals surface area (Å²) in [5.41, 5.74) is 0. The highest BCUT2D eigenvalue weighted by molar-refractivity contribution is 7.99. The Balaban J connectivity index is 1.88. The number of nitrogens with one attached hydrogen (secondary N) is 1. The van der Waals surface area contributed by atoms with Gasteiger partial charge in [0.25, 0.3) is 0 Å². The van der Waals surface area contributed by atoms with E-state index in [2.05, 4.69) is 17.6 Å². The highest BCUT2D eigenvalue weighted by atomic mass is 32.2. The van der Waals surface area contributed by atoms with Gasteiger partial charge in [0.05, 0.1) is 12.0 Å². The van der Waals surface area contributed by atoms with E-state index in [0.717, 1.165) is 11.7 Å². The van der Waals surface area contributed by atoms with Gasteiger partial charge in [-0.15, -0.1) is 0 Å². The zero-order chi connectivity index (χ0) is 10.7. The summed E-state index contributed by atoms with van der Waals surface area (Å²) in [4.78, 5) is 0. The molecule has 84 valence electrons. The van der Waals surface area contributed by atoms with Crippen LogP contribution in [0, 0.1) is 17.2 Å². The minimum Gasteiger partial charge on any atom is -0.309 e. The van der Waals surface area contributed by atoms with Crippen molar-refractivity contribution in [2.45, 2.75) is 55.9 Å². The normalized spacial score (nSPS) is 40.5. The van der Waals surface area contributed by atoms with Crippen LogP contribution >= 0.6 is 11.8 Å². The predicted molar refractivity (Wildman–Crippen MR) is 64.8 cm³/mol. The van der Waals surface area contributed by atoms with Crippen LogP contribution in [0.25, 0.3) is 0 Å². The summed E-state index contributed by atoms with van der Waals surface area (Å²) in [6, 6.07) is 3.60. The van der Waals surface area contributed by atoms with Crippen molar-refractivity contribution in [2.24, 2.45) is 5.92 Å². The average Bonchev–Trinajstić information content (AvgIpc) is 2.87. The van der Waals surface area contributed by atoms with Crippen LogP contribution in [0.5, 0.6) is 0 Å². The van der Waals surface area contributed by atoms with E-state index in [1.807, 2.05) is 11.8 Å². The number of nitriles is 1. The Bertz CT molecular complexity index is 248. The van der Waals surface area contributed by atoms with Crippen molar-refractivity contribution in [3.63, 3.8) is 0 Å². The van der Waals surface area contributed by atoms with Gasteiger partial charge in [-0.05, 0) is 31.9 Å². The highest BCUT2D eigenvalue weighted by Crippen LogP contribution is 2.32. The molecule has 0 radical (unpaired) electrons. The number of thioether (sulfide) groups is 1. The third kappa shape index (κ3) is 2.49. The van der Waals surface area contributed by atoms with Crippen LogP contribution in [-0.4, -0.2) is 23.6 Å². The molecule has 2 saturated carbocycles. The second-order valence-electron chi connectivity index (χ2n) is 4.75. The van der Waals surface area contributed by atoms with Gasteiger partial charge in [-0.25, -0.2) is 0 Å². The maximum atomic E-state index is 9.04. The van der Waals surface area contributed by atoms with Crippen LogP contribution in [0.1, 0.15) is 38.5 Å². The third-order valence-electron chi connectivity index (χ3n) is 3.87. The van der Waals surface area contributed by atoms with Gasteiger partial charge >= 0.3 is 0 Å². The summed E-state index contributed by atoms with van der Waals surface area (Å²) in [6.07, 6.45) is 9.75. The Kier molecular flexibility index (Phi) is 3.93. The summed E-state index contributed by atoms with van der Waals surface area (Å²) in [5.74, 6) is 0.271. The number of hydrogen-bond donors (Lipinski definition) is 1. The van der Waals surface area contributed by atoms with Crippen molar-refractivity contribution < 1.29 is 0 Å². The molecule has 0 aromatic rings. The van der Waals surface area contributed by atoms with Gasteiger partial charge in [-0.2, -0.15) is 17.0 Å². The molecule has 15 heavy (non-hydrogen) atoms. The van der Waals surface area contributed by atoms with Gasteiger partial charge in [-0.1, -0.05) is 12.8 Å². The Morgan fingerprint density at radius 3 is 2.60 bits per heavy atom. The SMILES string of the molecule is CSC1CCCC1NC1CCCC1C#N. The van der Waals surface area contributed by atoms with Gasteiger partial charge in [0.15, 0.2) is 0 Å². The minimum atomic E-state index is 0.271. The van der Waals surface area contributed by atoms with E-state index in [0.29, 0.717) is 12.1 Å². The monoisotopic (exact) mass is 224 g/mol. The van der Waals surface area contributed by atoms with Crippen LogP contribution in [-0.2, 0) is 0 Å². The zero-order valence-corrected chi connectivity index (χ0v) is 10.2. The molecule has 0 bridgehead atoms. The molecule has 0 spiro atoms. The molecule has 0 aromatic heterocycles. The first kappa shape index (κ1) is 11.3. The molecule has 4 atom stereocenters. The molecule has 2 aliphatic carbocycles. The van der Waals surface area contributed by atoms with E-state index < -0.39 is 0 Å². The van der Waals surface area contributed by atoms with Crippen molar-refractivity contribution >= 4 is 11.8 Å². The molecule has 2 aliphatic rings. The molecule has 0 aromatic carbocycles. The molecular weight excluding hydrogens is 204 g/mol. The van der Waals surface area contributed by atoms with Crippen molar-refractivity contribution in [1.82, 2.24) is 5.32 Å². The molecule has 0 heterocycles. The first-order chi connectivity index (χ1) is 7.35. The Morgan fingerprint density at radius 1 is 1.13 bits per heavy atom. The Labute approximate surface area is 96.8 Å². The van der Waals surface area contributed by atoms with E-state index in [4.69, 9.17) is 5.26 Å². The average molecular weight is 224 g/mol. The molecule has 1 N–H and O–H groups in total. The number of hydrogen-bond acceptors (Lipinski definition) is 3. The van der Waals surface area contributed by atoms with Crippen LogP contribution in [0.3, 0.4) is 0 Å². The minimum absolute atomic E-state index is 0.271. The van der Waals surface area contributed by atoms with E-state index in [1.54, 1.807) is 0 Å². The Morgan fingerprint density at radius 2 is 1.87 bits per heavy atom.